The van der Waals surface area contributed by atoms with Crippen molar-refractivity contribution in [1.82, 2.24) is 14.1 Å². The summed E-state index contributed by atoms with van der Waals surface area (Å²) in [7, 11) is -1.67. The Morgan fingerprint density at radius 2 is 1.61 bits per heavy atom. The molecular formula is C25H42ClN3O6S. The van der Waals surface area contributed by atoms with Crippen LogP contribution in [0.3, 0.4) is 0 Å². The Hall–Kier alpha value is -1.72. The molecule has 1 aliphatic carbocycles. The first-order valence-corrected chi connectivity index (χ1v) is 14.2. The van der Waals surface area contributed by atoms with Gasteiger partial charge < -0.3 is 19.3 Å². The molecule has 9 nitrogen and oxygen atoms in total. The van der Waals surface area contributed by atoms with Gasteiger partial charge >= 0.3 is 0 Å². The predicted octanol–water partition coefficient (Wildman–Crippen LogP) is 3.13. The molecule has 0 N–H and O–H groups in total. The van der Waals surface area contributed by atoms with Crippen LogP contribution in [-0.2, 0) is 29.1 Å². The van der Waals surface area contributed by atoms with E-state index in [1.165, 1.54) is 29.3 Å². The zero-order valence-electron chi connectivity index (χ0n) is 22.0. The maximum atomic E-state index is 12.1. The molecule has 0 radical (unpaired) electrons. The smallest absolute Gasteiger partial charge is 0.243 e. The Labute approximate surface area is 221 Å². The minimum Gasteiger partial charge on any atom is -0.385 e. The number of morpholine rings is 1. The first kappa shape index (κ1) is 32.3. The molecule has 0 unspecified atom stereocenters. The number of carbonyl (C=O) groups is 2. The SMILES string of the molecule is CC(=O)N1CCN(C=O)CC1.CC1CC1.CCCOC.O=S(=O)(c1ccc(Cl)cc1)N1CCOCC1. The molecule has 0 bridgehead atoms. The number of rotatable bonds is 5. The van der Waals surface area contributed by atoms with Gasteiger partial charge in [0.05, 0.1) is 18.1 Å². The van der Waals surface area contributed by atoms with E-state index in [0.29, 0.717) is 57.5 Å². The van der Waals surface area contributed by atoms with E-state index in [0.717, 1.165) is 25.4 Å². The summed E-state index contributed by atoms with van der Waals surface area (Å²) < 4.78 is 35.5. The number of methoxy groups -OCH3 is 1. The molecule has 36 heavy (non-hydrogen) atoms. The van der Waals surface area contributed by atoms with Gasteiger partial charge in [-0.25, -0.2) is 8.42 Å². The van der Waals surface area contributed by atoms with E-state index in [1.807, 2.05) is 0 Å². The van der Waals surface area contributed by atoms with Gasteiger partial charge in [0.15, 0.2) is 0 Å². The molecule has 11 heteroatoms. The van der Waals surface area contributed by atoms with Crippen molar-refractivity contribution in [3.05, 3.63) is 29.3 Å². The zero-order chi connectivity index (χ0) is 27.0. The van der Waals surface area contributed by atoms with Crippen molar-refractivity contribution in [3.8, 4) is 0 Å². The van der Waals surface area contributed by atoms with Crippen molar-refractivity contribution in [2.45, 2.75) is 44.9 Å². The van der Waals surface area contributed by atoms with E-state index in [1.54, 1.807) is 36.0 Å². The third-order valence-electron chi connectivity index (χ3n) is 5.60. The number of benzene rings is 1. The Kier molecular flexibility index (Phi) is 15.9. The van der Waals surface area contributed by atoms with E-state index in [4.69, 9.17) is 21.1 Å². The third kappa shape index (κ3) is 13.0. The van der Waals surface area contributed by atoms with Crippen LogP contribution >= 0.6 is 11.6 Å². The fourth-order valence-electron chi connectivity index (χ4n) is 3.06. The zero-order valence-corrected chi connectivity index (χ0v) is 23.6. The van der Waals surface area contributed by atoms with Crippen LogP contribution in [0.5, 0.6) is 0 Å². The van der Waals surface area contributed by atoms with Crippen LogP contribution in [0.2, 0.25) is 5.02 Å². The summed E-state index contributed by atoms with van der Waals surface area (Å²) in [6, 6.07) is 6.20. The van der Waals surface area contributed by atoms with E-state index < -0.39 is 10.0 Å². The second-order valence-electron chi connectivity index (χ2n) is 8.79. The molecule has 0 atom stereocenters. The Morgan fingerprint density at radius 1 is 1.08 bits per heavy atom. The fourth-order valence-corrected chi connectivity index (χ4v) is 4.59. The fraction of sp³-hybridized carbons (Fsp3) is 0.680. The molecule has 2 amide bonds. The molecule has 2 saturated heterocycles. The van der Waals surface area contributed by atoms with Crippen molar-refractivity contribution < 1.29 is 27.5 Å². The largest absolute Gasteiger partial charge is 0.385 e. The van der Waals surface area contributed by atoms with Gasteiger partial charge in [0, 0.05) is 64.9 Å². The van der Waals surface area contributed by atoms with Gasteiger partial charge in [-0.05, 0) is 36.6 Å². The summed E-state index contributed by atoms with van der Waals surface area (Å²) in [5, 5.41) is 0.529. The second-order valence-corrected chi connectivity index (χ2v) is 11.2. The first-order chi connectivity index (χ1) is 17.1. The molecule has 1 aromatic rings. The highest BCUT2D eigenvalue weighted by Gasteiger charge is 2.25. The highest BCUT2D eigenvalue weighted by Crippen LogP contribution is 2.26. The summed E-state index contributed by atoms with van der Waals surface area (Å²) in [4.78, 5) is 24.8. The van der Waals surface area contributed by atoms with Crippen molar-refractivity contribution in [2.75, 3.05) is 66.2 Å². The Morgan fingerprint density at radius 3 is 1.97 bits per heavy atom. The molecule has 2 heterocycles. The van der Waals surface area contributed by atoms with Crippen LogP contribution < -0.4 is 0 Å². The van der Waals surface area contributed by atoms with Crippen LogP contribution in [0.15, 0.2) is 29.2 Å². The van der Waals surface area contributed by atoms with Crippen LogP contribution in [0.1, 0.15) is 40.0 Å². The Balaban J connectivity index is 0.000000278. The first-order valence-electron chi connectivity index (χ1n) is 12.4. The maximum Gasteiger partial charge on any atom is 0.243 e. The molecule has 206 valence electrons. The number of hydrogen-bond acceptors (Lipinski definition) is 6. The molecule has 2 aliphatic heterocycles. The summed E-state index contributed by atoms with van der Waals surface area (Å²) in [5.41, 5.74) is 0. The monoisotopic (exact) mass is 547 g/mol. The van der Waals surface area contributed by atoms with Gasteiger partial charge in [-0.3, -0.25) is 9.59 Å². The molecule has 4 rings (SSSR count). The van der Waals surface area contributed by atoms with Gasteiger partial charge in [-0.2, -0.15) is 4.31 Å². The number of nitrogens with zero attached hydrogens (tertiary/aromatic N) is 3. The lowest BCUT2D eigenvalue weighted by Crippen LogP contribution is -2.47. The predicted molar refractivity (Wildman–Crippen MR) is 141 cm³/mol. The number of sulfonamides is 1. The summed E-state index contributed by atoms with van der Waals surface area (Å²) in [6.45, 7) is 11.2. The van der Waals surface area contributed by atoms with Crippen molar-refractivity contribution in [2.24, 2.45) is 5.92 Å². The topological polar surface area (TPSA) is 96.5 Å². The van der Waals surface area contributed by atoms with Crippen LogP contribution in [-0.4, -0.2) is 101 Å². The van der Waals surface area contributed by atoms with Crippen molar-refractivity contribution >= 4 is 33.9 Å². The van der Waals surface area contributed by atoms with E-state index in [9.17, 15) is 18.0 Å². The van der Waals surface area contributed by atoms with E-state index in [2.05, 4.69) is 13.8 Å². The highest BCUT2D eigenvalue weighted by molar-refractivity contribution is 7.89. The van der Waals surface area contributed by atoms with Crippen LogP contribution in [0.25, 0.3) is 0 Å². The Bertz CT molecular complexity index is 849. The van der Waals surface area contributed by atoms with Crippen LogP contribution in [0.4, 0.5) is 0 Å². The van der Waals surface area contributed by atoms with Crippen LogP contribution in [0, 0.1) is 5.92 Å². The molecular weight excluding hydrogens is 506 g/mol. The number of hydrogen-bond donors (Lipinski definition) is 0. The molecule has 1 saturated carbocycles. The second kappa shape index (κ2) is 17.7. The summed E-state index contributed by atoms with van der Waals surface area (Å²) in [5.74, 6) is 1.18. The number of halogens is 1. The number of carbonyl (C=O) groups excluding carboxylic acids is 2. The van der Waals surface area contributed by atoms with Crippen molar-refractivity contribution in [3.63, 3.8) is 0 Å². The minimum atomic E-state index is -3.38. The quantitative estimate of drug-likeness (QED) is 0.525. The lowest BCUT2D eigenvalue weighted by atomic mass is 10.3. The summed E-state index contributed by atoms with van der Waals surface area (Å²) >= 11 is 5.72. The lowest BCUT2D eigenvalue weighted by molar-refractivity contribution is -0.133. The van der Waals surface area contributed by atoms with Gasteiger partial charge in [0.25, 0.3) is 0 Å². The molecule has 0 aromatic heterocycles. The van der Waals surface area contributed by atoms with E-state index >= 15 is 0 Å². The lowest BCUT2D eigenvalue weighted by Gasteiger charge is -2.31. The molecule has 3 fully saturated rings. The number of piperazine rings is 1. The minimum absolute atomic E-state index is 0.0931. The van der Waals surface area contributed by atoms with Gasteiger partial charge in [0.1, 0.15) is 0 Å². The normalized spacial score (nSPS) is 17.9. The van der Waals surface area contributed by atoms with Gasteiger partial charge in [-0.1, -0.05) is 38.3 Å². The molecule has 1 aromatic carbocycles. The number of amides is 2. The standard InChI is InChI=1S/C10H12ClNO3S.C7H12N2O2.C4H10O.C4H8/c11-9-1-3-10(4-2-9)16(13,14)12-5-7-15-8-6-12;1-7(11)9-4-2-8(6-10)3-5-9;1-3-4-5-2;1-4-2-3-4/h1-4H,5-8H2;6H,2-5H2,1H3;3-4H2,1-2H3;4H,2-3H2,1H3. The third-order valence-corrected chi connectivity index (χ3v) is 7.77. The highest BCUT2D eigenvalue weighted by atomic mass is 35.5. The van der Waals surface area contributed by atoms with Gasteiger partial charge in [0.2, 0.25) is 22.3 Å². The van der Waals surface area contributed by atoms with Gasteiger partial charge in [-0.15, -0.1) is 0 Å². The summed E-state index contributed by atoms with van der Waals surface area (Å²) in [6.07, 6.45) is 4.92. The maximum absolute atomic E-state index is 12.1. The molecule has 3 aliphatic rings. The van der Waals surface area contributed by atoms with Crippen molar-refractivity contribution in [1.29, 1.82) is 0 Å². The average molecular weight is 548 g/mol. The number of ether oxygens (including phenoxy) is 2. The van der Waals surface area contributed by atoms with E-state index in [-0.39, 0.29) is 10.8 Å². The molecule has 0 spiro atoms. The average Bonchev–Trinajstić information content (AvgIpc) is 3.68.